The first-order chi connectivity index (χ1) is 9.19. The van der Waals surface area contributed by atoms with Gasteiger partial charge in [-0.25, -0.2) is 9.37 Å². The highest BCUT2D eigenvalue weighted by molar-refractivity contribution is 7.09. The van der Waals surface area contributed by atoms with Crippen LogP contribution >= 0.6 is 11.5 Å². The van der Waals surface area contributed by atoms with Crippen LogP contribution in [0.3, 0.4) is 0 Å². The Balaban J connectivity index is 1.97. The van der Waals surface area contributed by atoms with Crippen molar-refractivity contribution in [3.05, 3.63) is 41.0 Å². The zero-order valence-corrected chi connectivity index (χ0v) is 11.9. The number of anilines is 1. The molecule has 0 saturated carbocycles. The van der Waals surface area contributed by atoms with Crippen LogP contribution in [-0.4, -0.2) is 29.5 Å². The van der Waals surface area contributed by atoms with E-state index in [4.69, 9.17) is 0 Å². The van der Waals surface area contributed by atoms with Gasteiger partial charge in [0, 0.05) is 31.0 Å². The first-order valence-electron chi connectivity index (χ1n) is 6.15. The first-order valence-corrected chi connectivity index (χ1v) is 6.92. The second-order valence-corrected chi connectivity index (χ2v) is 5.06. The van der Waals surface area contributed by atoms with Crippen molar-refractivity contribution in [2.75, 3.05) is 25.5 Å². The zero-order chi connectivity index (χ0) is 13.7. The molecule has 2 rings (SSSR count). The van der Waals surface area contributed by atoms with E-state index in [1.165, 1.54) is 17.6 Å². The van der Waals surface area contributed by atoms with Crippen LogP contribution < -0.4 is 10.6 Å². The summed E-state index contributed by atoms with van der Waals surface area (Å²) < 4.78 is 17.5. The predicted molar refractivity (Wildman–Crippen MR) is 76.3 cm³/mol. The predicted octanol–water partition coefficient (Wildman–Crippen LogP) is 2.21. The maximum absolute atomic E-state index is 13.2. The molecule has 0 bridgehead atoms. The number of nitrogens with zero attached hydrogens (tertiary/aromatic N) is 2. The molecule has 0 atom stereocenters. The molecule has 1 aromatic carbocycles. The molecule has 0 spiro atoms. The zero-order valence-electron chi connectivity index (χ0n) is 11.0. The number of likely N-dealkylation sites (N-methyl/N-ethyl adjacent to an activating group) is 1. The Labute approximate surface area is 116 Å². The number of hydrogen-bond acceptors (Lipinski definition) is 5. The van der Waals surface area contributed by atoms with Crippen molar-refractivity contribution in [2.24, 2.45) is 0 Å². The molecule has 19 heavy (non-hydrogen) atoms. The molecule has 0 aliphatic rings. The van der Waals surface area contributed by atoms with Gasteiger partial charge < -0.3 is 10.6 Å². The maximum Gasteiger partial charge on any atom is 0.202 e. The highest BCUT2D eigenvalue weighted by Crippen LogP contribution is 2.15. The van der Waals surface area contributed by atoms with E-state index in [1.54, 1.807) is 13.0 Å². The number of rotatable bonds is 6. The monoisotopic (exact) mass is 280 g/mol. The Kier molecular flexibility index (Phi) is 4.81. The molecule has 2 aromatic rings. The lowest BCUT2D eigenvalue weighted by Gasteiger charge is -2.01. The summed E-state index contributed by atoms with van der Waals surface area (Å²) in [7, 11) is 1.91. The molecule has 0 unspecified atom stereocenters. The van der Waals surface area contributed by atoms with Crippen LogP contribution in [0.4, 0.5) is 9.52 Å². The fourth-order valence-corrected chi connectivity index (χ4v) is 2.30. The van der Waals surface area contributed by atoms with E-state index in [-0.39, 0.29) is 5.82 Å². The highest BCUT2D eigenvalue weighted by Gasteiger charge is 2.06. The smallest absolute Gasteiger partial charge is 0.202 e. The third-order valence-electron chi connectivity index (χ3n) is 2.70. The van der Waals surface area contributed by atoms with Crippen LogP contribution in [-0.2, 0) is 6.42 Å². The van der Waals surface area contributed by atoms with E-state index >= 15 is 0 Å². The van der Waals surface area contributed by atoms with Gasteiger partial charge in [0.2, 0.25) is 5.13 Å². The normalized spacial score (nSPS) is 10.7. The number of hydrogen-bond donors (Lipinski definition) is 2. The minimum Gasteiger partial charge on any atom is -0.359 e. The second kappa shape index (κ2) is 6.58. The standard InChI is InChI=1S/C13H17FN4S/c1-9-7-10(3-4-11(9)14)8-12-17-13(19-18-12)16-6-5-15-2/h3-4,7,15H,5-6,8H2,1-2H3,(H,16,17,18). The van der Waals surface area contributed by atoms with Gasteiger partial charge in [0.15, 0.2) is 0 Å². The van der Waals surface area contributed by atoms with Gasteiger partial charge in [0.05, 0.1) is 0 Å². The average molecular weight is 280 g/mol. The van der Waals surface area contributed by atoms with Crippen LogP contribution in [0.5, 0.6) is 0 Å². The number of halogens is 1. The highest BCUT2D eigenvalue weighted by atomic mass is 32.1. The summed E-state index contributed by atoms with van der Waals surface area (Å²) in [6.45, 7) is 3.46. The third-order valence-corrected chi connectivity index (χ3v) is 3.41. The van der Waals surface area contributed by atoms with E-state index in [0.717, 1.165) is 29.6 Å². The Morgan fingerprint density at radius 3 is 2.89 bits per heavy atom. The van der Waals surface area contributed by atoms with Gasteiger partial charge in [-0.1, -0.05) is 12.1 Å². The number of aryl methyl sites for hydroxylation is 1. The van der Waals surface area contributed by atoms with Gasteiger partial charge in [-0.2, -0.15) is 4.37 Å². The molecule has 6 heteroatoms. The van der Waals surface area contributed by atoms with Gasteiger partial charge in [0.25, 0.3) is 0 Å². The lowest BCUT2D eigenvalue weighted by atomic mass is 10.1. The van der Waals surface area contributed by atoms with Crippen LogP contribution in [0.2, 0.25) is 0 Å². The molecule has 4 nitrogen and oxygen atoms in total. The molecule has 1 aromatic heterocycles. The molecule has 2 N–H and O–H groups in total. The van der Waals surface area contributed by atoms with E-state index in [2.05, 4.69) is 20.0 Å². The molecule has 0 aliphatic heterocycles. The molecule has 0 amide bonds. The van der Waals surface area contributed by atoms with Gasteiger partial charge in [-0.3, -0.25) is 0 Å². The Bertz CT molecular complexity index is 541. The van der Waals surface area contributed by atoms with Gasteiger partial charge in [-0.05, 0) is 31.2 Å². The fraction of sp³-hybridized carbons (Fsp3) is 0.385. The number of aromatic nitrogens is 2. The van der Waals surface area contributed by atoms with E-state index in [9.17, 15) is 4.39 Å². The van der Waals surface area contributed by atoms with Crippen molar-refractivity contribution in [1.82, 2.24) is 14.7 Å². The van der Waals surface area contributed by atoms with E-state index < -0.39 is 0 Å². The minimum atomic E-state index is -0.176. The summed E-state index contributed by atoms with van der Waals surface area (Å²) in [5.74, 6) is 0.590. The van der Waals surface area contributed by atoms with Crippen LogP contribution in [0, 0.1) is 12.7 Å². The van der Waals surface area contributed by atoms with E-state index in [1.807, 2.05) is 13.1 Å². The van der Waals surface area contributed by atoms with Crippen molar-refractivity contribution in [2.45, 2.75) is 13.3 Å². The van der Waals surface area contributed by atoms with Crippen molar-refractivity contribution in [1.29, 1.82) is 0 Å². The first kappa shape index (κ1) is 13.9. The van der Waals surface area contributed by atoms with Gasteiger partial charge in [-0.15, -0.1) is 0 Å². The average Bonchev–Trinajstić information content (AvgIpc) is 2.82. The Morgan fingerprint density at radius 1 is 1.32 bits per heavy atom. The maximum atomic E-state index is 13.2. The lowest BCUT2D eigenvalue weighted by molar-refractivity contribution is 0.617. The number of nitrogens with one attached hydrogen (secondary N) is 2. The second-order valence-electron chi connectivity index (χ2n) is 4.31. The Hall–Kier alpha value is -1.53. The molecular formula is C13H17FN4S. The summed E-state index contributed by atoms with van der Waals surface area (Å²) in [5.41, 5.74) is 1.68. The Morgan fingerprint density at radius 2 is 2.16 bits per heavy atom. The van der Waals surface area contributed by atoms with Crippen LogP contribution in [0.15, 0.2) is 18.2 Å². The van der Waals surface area contributed by atoms with Gasteiger partial charge in [0.1, 0.15) is 11.6 Å². The van der Waals surface area contributed by atoms with E-state index in [0.29, 0.717) is 12.0 Å². The van der Waals surface area contributed by atoms with Crippen LogP contribution in [0.1, 0.15) is 17.0 Å². The molecule has 0 saturated heterocycles. The summed E-state index contributed by atoms with van der Waals surface area (Å²) in [6.07, 6.45) is 0.630. The summed E-state index contributed by atoms with van der Waals surface area (Å²) >= 11 is 1.35. The topological polar surface area (TPSA) is 49.8 Å². The molecule has 1 heterocycles. The summed E-state index contributed by atoms with van der Waals surface area (Å²) in [5, 5.41) is 7.07. The quantitative estimate of drug-likeness (QED) is 0.797. The van der Waals surface area contributed by atoms with Crippen LogP contribution in [0.25, 0.3) is 0 Å². The van der Waals surface area contributed by atoms with Crippen molar-refractivity contribution < 1.29 is 4.39 Å². The van der Waals surface area contributed by atoms with Gasteiger partial charge >= 0.3 is 0 Å². The van der Waals surface area contributed by atoms with Crippen molar-refractivity contribution in [3.8, 4) is 0 Å². The summed E-state index contributed by atoms with van der Waals surface area (Å²) in [4.78, 5) is 4.40. The minimum absolute atomic E-state index is 0.176. The third kappa shape index (κ3) is 3.97. The molecule has 0 radical (unpaired) electrons. The van der Waals surface area contributed by atoms with Crippen molar-refractivity contribution in [3.63, 3.8) is 0 Å². The number of benzene rings is 1. The SMILES string of the molecule is CNCCNc1nc(Cc2ccc(F)c(C)c2)ns1. The molecule has 102 valence electrons. The summed E-state index contributed by atoms with van der Waals surface area (Å²) in [6, 6.07) is 5.10. The molecule has 0 aliphatic carbocycles. The lowest BCUT2D eigenvalue weighted by Crippen LogP contribution is -2.17. The van der Waals surface area contributed by atoms with Crippen molar-refractivity contribution >= 4 is 16.7 Å². The molecular weight excluding hydrogens is 263 g/mol. The largest absolute Gasteiger partial charge is 0.359 e. The fourth-order valence-electron chi connectivity index (χ4n) is 1.69. The molecule has 0 fully saturated rings.